The molecule has 2 aromatic carbocycles. The molecule has 0 bridgehead atoms. The summed E-state index contributed by atoms with van der Waals surface area (Å²) < 4.78 is 1.63. The van der Waals surface area contributed by atoms with Crippen LogP contribution < -0.4 is 10.6 Å². The summed E-state index contributed by atoms with van der Waals surface area (Å²) in [6.45, 7) is 0. The molecular weight excluding hydrogens is 344 g/mol. The highest BCUT2D eigenvalue weighted by Crippen LogP contribution is 2.28. The van der Waals surface area contributed by atoms with Crippen molar-refractivity contribution in [1.82, 2.24) is 19.6 Å². The molecule has 8 heteroatoms. The monoisotopic (exact) mass is 358 g/mol. The number of benzene rings is 2. The molecule has 27 heavy (non-hydrogen) atoms. The summed E-state index contributed by atoms with van der Waals surface area (Å²) in [5, 5.41) is 20.1. The van der Waals surface area contributed by atoms with E-state index in [-0.39, 0.29) is 11.7 Å². The van der Waals surface area contributed by atoms with Crippen LogP contribution in [-0.2, 0) is 11.2 Å². The van der Waals surface area contributed by atoms with Crippen molar-refractivity contribution in [2.45, 2.75) is 6.42 Å². The Bertz CT molecular complexity index is 1200. The molecule has 1 aliphatic rings. The predicted molar refractivity (Wildman–Crippen MR) is 99.9 cm³/mol. The highest BCUT2D eigenvalue weighted by atomic mass is 16.3. The second kappa shape index (κ2) is 5.80. The summed E-state index contributed by atoms with van der Waals surface area (Å²) in [5.41, 5.74) is 4.52. The van der Waals surface area contributed by atoms with E-state index in [1.807, 2.05) is 24.3 Å². The van der Waals surface area contributed by atoms with E-state index < -0.39 is 0 Å². The van der Waals surface area contributed by atoms with Gasteiger partial charge in [-0.05, 0) is 35.9 Å². The van der Waals surface area contributed by atoms with Gasteiger partial charge in [0.2, 0.25) is 11.9 Å². The number of carbonyl (C=O) groups is 1. The molecule has 0 spiro atoms. The summed E-state index contributed by atoms with van der Waals surface area (Å²) in [6.07, 6.45) is 3.72. The lowest BCUT2D eigenvalue weighted by Crippen LogP contribution is -2.03. The SMILES string of the molecule is O=C1Cc2cc(Nc3nc4c(-c5cccc(O)c5)nccn4n3)ccc2N1. The molecule has 1 aliphatic heterocycles. The van der Waals surface area contributed by atoms with Crippen molar-refractivity contribution in [3.05, 3.63) is 60.4 Å². The van der Waals surface area contributed by atoms with E-state index in [2.05, 4.69) is 25.7 Å². The van der Waals surface area contributed by atoms with Crippen molar-refractivity contribution in [3.63, 3.8) is 0 Å². The van der Waals surface area contributed by atoms with Crippen molar-refractivity contribution in [2.24, 2.45) is 0 Å². The average Bonchev–Trinajstić information content (AvgIpc) is 3.22. The maximum Gasteiger partial charge on any atom is 0.247 e. The molecular formula is C19H14N6O2. The van der Waals surface area contributed by atoms with Gasteiger partial charge in [0.1, 0.15) is 11.4 Å². The molecule has 0 atom stereocenters. The normalized spacial score (nSPS) is 12.8. The number of nitrogens with one attached hydrogen (secondary N) is 2. The number of phenols is 1. The number of nitrogens with zero attached hydrogens (tertiary/aromatic N) is 4. The molecule has 0 unspecified atom stereocenters. The Morgan fingerprint density at radius 1 is 1.19 bits per heavy atom. The van der Waals surface area contributed by atoms with Gasteiger partial charge in [-0.15, -0.1) is 5.10 Å². The lowest BCUT2D eigenvalue weighted by atomic mass is 10.1. The fourth-order valence-electron chi connectivity index (χ4n) is 3.16. The van der Waals surface area contributed by atoms with Crippen LogP contribution in [0.15, 0.2) is 54.9 Å². The maximum atomic E-state index is 11.5. The maximum absolute atomic E-state index is 11.5. The first-order valence-electron chi connectivity index (χ1n) is 8.36. The molecule has 1 amide bonds. The van der Waals surface area contributed by atoms with Crippen LogP contribution in [0, 0.1) is 0 Å². The van der Waals surface area contributed by atoms with Crippen LogP contribution >= 0.6 is 0 Å². The van der Waals surface area contributed by atoms with Gasteiger partial charge in [0, 0.05) is 29.3 Å². The summed E-state index contributed by atoms with van der Waals surface area (Å²) in [4.78, 5) is 20.4. The number of phenolic OH excluding ortho intramolecular Hbond substituents is 1. The standard InChI is InChI=1S/C19H14N6O2/c26-14-3-1-2-11(9-14)17-18-23-19(24-25(18)7-6-20-17)21-13-4-5-15-12(8-13)10-16(27)22-15/h1-9,26H,10H2,(H,21,24)(H,22,27). The van der Waals surface area contributed by atoms with Gasteiger partial charge in [0.05, 0.1) is 6.42 Å². The van der Waals surface area contributed by atoms with Crippen molar-refractivity contribution >= 4 is 28.9 Å². The predicted octanol–water partition coefficient (Wildman–Crippen LogP) is 2.74. The summed E-state index contributed by atoms with van der Waals surface area (Å²) >= 11 is 0. The van der Waals surface area contributed by atoms with Crippen molar-refractivity contribution in [1.29, 1.82) is 0 Å². The van der Waals surface area contributed by atoms with Gasteiger partial charge in [-0.2, -0.15) is 4.98 Å². The molecule has 0 fully saturated rings. The van der Waals surface area contributed by atoms with Gasteiger partial charge in [-0.25, -0.2) is 4.52 Å². The van der Waals surface area contributed by atoms with E-state index in [1.54, 1.807) is 35.1 Å². The minimum absolute atomic E-state index is 0.00478. The number of anilines is 3. The topological polar surface area (TPSA) is 104 Å². The summed E-state index contributed by atoms with van der Waals surface area (Å²) in [5.74, 6) is 0.576. The molecule has 132 valence electrons. The number of rotatable bonds is 3. The largest absolute Gasteiger partial charge is 0.508 e. The minimum atomic E-state index is -0.00478. The van der Waals surface area contributed by atoms with Crippen LogP contribution in [0.4, 0.5) is 17.3 Å². The van der Waals surface area contributed by atoms with Crippen LogP contribution in [0.1, 0.15) is 5.56 Å². The lowest BCUT2D eigenvalue weighted by Gasteiger charge is -2.04. The van der Waals surface area contributed by atoms with Crippen molar-refractivity contribution in [3.8, 4) is 17.0 Å². The van der Waals surface area contributed by atoms with Gasteiger partial charge in [-0.3, -0.25) is 9.78 Å². The van der Waals surface area contributed by atoms with E-state index in [0.717, 1.165) is 22.5 Å². The zero-order chi connectivity index (χ0) is 18.4. The number of aromatic hydroxyl groups is 1. The van der Waals surface area contributed by atoms with Crippen LogP contribution in [0.5, 0.6) is 5.75 Å². The first-order valence-corrected chi connectivity index (χ1v) is 8.36. The number of carbonyl (C=O) groups excluding carboxylic acids is 1. The lowest BCUT2D eigenvalue weighted by molar-refractivity contribution is -0.115. The minimum Gasteiger partial charge on any atom is -0.508 e. The Labute approximate surface area is 153 Å². The molecule has 3 heterocycles. The third-order valence-corrected chi connectivity index (χ3v) is 4.36. The Morgan fingerprint density at radius 3 is 3.00 bits per heavy atom. The van der Waals surface area contributed by atoms with Crippen molar-refractivity contribution in [2.75, 3.05) is 10.6 Å². The Kier molecular flexibility index (Phi) is 3.29. The summed E-state index contributed by atoms with van der Waals surface area (Å²) in [6, 6.07) is 12.5. The zero-order valence-corrected chi connectivity index (χ0v) is 14.0. The van der Waals surface area contributed by atoms with E-state index >= 15 is 0 Å². The molecule has 2 aromatic heterocycles. The quantitative estimate of drug-likeness (QED) is 0.520. The number of fused-ring (bicyclic) bond motifs is 2. The zero-order valence-electron chi connectivity index (χ0n) is 14.0. The highest BCUT2D eigenvalue weighted by molar-refractivity contribution is 5.99. The van der Waals surface area contributed by atoms with Crippen LogP contribution in [0.2, 0.25) is 0 Å². The van der Waals surface area contributed by atoms with Crippen LogP contribution in [0.25, 0.3) is 16.9 Å². The molecule has 5 rings (SSSR count). The molecule has 0 saturated carbocycles. The van der Waals surface area contributed by atoms with E-state index in [9.17, 15) is 9.90 Å². The fourth-order valence-corrected chi connectivity index (χ4v) is 3.16. The number of amides is 1. The Morgan fingerprint density at radius 2 is 2.11 bits per heavy atom. The molecule has 4 aromatic rings. The van der Waals surface area contributed by atoms with E-state index in [4.69, 9.17) is 0 Å². The third kappa shape index (κ3) is 2.73. The van der Waals surface area contributed by atoms with Crippen molar-refractivity contribution < 1.29 is 9.90 Å². The van der Waals surface area contributed by atoms with Gasteiger partial charge < -0.3 is 15.7 Å². The van der Waals surface area contributed by atoms with Gasteiger partial charge in [0.15, 0.2) is 5.65 Å². The first kappa shape index (κ1) is 15.3. The Balaban J connectivity index is 1.51. The first-order chi connectivity index (χ1) is 13.2. The Hall–Kier alpha value is -3.94. The number of aromatic nitrogens is 4. The van der Waals surface area contributed by atoms with Crippen LogP contribution in [-0.4, -0.2) is 30.6 Å². The fraction of sp³-hybridized carbons (Fsp3) is 0.0526. The summed E-state index contributed by atoms with van der Waals surface area (Å²) in [7, 11) is 0. The number of hydrogen-bond donors (Lipinski definition) is 3. The highest BCUT2D eigenvalue weighted by Gasteiger charge is 2.18. The van der Waals surface area contributed by atoms with Crippen LogP contribution in [0.3, 0.4) is 0 Å². The van der Waals surface area contributed by atoms with Gasteiger partial charge in [-0.1, -0.05) is 12.1 Å². The molecule has 8 nitrogen and oxygen atoms in total. The van der Waals surface area contributed by atoms with Gasteiger partial charge in [0.25, 0.3) is 0 Å². The smallest absolute Gasteiger partial charge is 0.247 e. The second-order valence-corrected chi connectivity index (χ2v) is 6.25. The molecule has 3 N–H and O–H groups in total. The van der Waals surface area contributed by atoms with E-state index in [1.165, 1.54) is 0 Å². The average molecular weight is 358 g/mol. The molecule has 0 radical (unpaired) electrons. The van der Waals surface area contributed by atoms with Gasteiger partial charge >= 0.3 is 0 Å². The van der Waals surface area contributed by atoms with E-state index in [0.29, 0.717) is 23.7 Å². The number of hydrogen-bond acceptors (Lipinski definition) is 6. The second-order valence-electron chi connectivity index (χ2n) is 6.25. The molecule has 0 saturated heterocycles. The molecule has 0 aliphatic carbocycles. The third-order valence-electron chi connectivity index (χ3n) is 4.36.